The molecule has 1 aromatic rings. The maximum absolute atomic E-state index is 12.3. The molecule has 0 bridgehead atoms. The summed E-state index contributed by atoms with van der Waals surface area (Å²) in [5.74, 6) is -0.124. The summed E-state index contributed by atoms with van der Waals surface area (Å²) in [5.41, 5.74) is 0.502. The standard InChI is InChI=1S/C18H28N2O3S/c1-3-14(2)20-24(22,23)17-12-10-15(11-13-17)18(21)19-16-8-6-4-5-7-9-16/h10-14,16,20H,3-9H2,1-2H3,(H,19,21). The van der Waals surface area contributed by atoms with Crippen molar-refractivity contribution in [3.63, 3.8) is 0 Å². The van der Waals surface area contributed by atoms with Crippen molar-refractivity contribution in [1.82, 2.24) is 10.0 Å². The zero-order valence-corrected chi connectivity index (χ0v) is 15.4. The molecule has 0 heterocycles. The molecule has 1 atom stereocenters. The lowest BCUT2D eigenvalue weighted by Gasteiger charge is -2.16. The maximum Gasteiger partial charge on any atom is 0.251 e. The second-order valence-corrected chi connectivity index (χ2v) is 8.33. The average molecular weight is 353 g/mol. The molecule has 0 saturated heterocycles. The number of carbonyl (C=O) groups excluding carboxylic acids is 1. The van der Waals surface area contributed by atoms with E-state index in [1.54, 1.807) is 12.1 Å². The van der Waals surface area contributed by atoms with Crippen LogP contribution in [0.5, 0.6) is 0 Å². The highest BCUT2D eigenvalue weighted by Gasteiger charge is 2.19. The van der Waals surface area contributed by atoms with Crippen LogP contribution in [0.25, 0.3) is 0 Å². The topological polar surface area (TPSA) is 75.3 Å². The minimum atomic E-state index is -3.53. The van der Waals surface area contributed by atoms with Gasteiger partial charge in [-0.05, 0) is 50.5 Å². The Labute approximate surface area is 145 Å². The van der Waals surface area contributed by atoms with Crippen LogP contribution >= 0.6 is 0 Å². The van der Waals surface area contributed by atoms with E-state index in [4.69, 9.17) is 0 Å². The molecule has 0 radical (unpaired) electrons. The Morgan fingerprint density at radius 3 is 2.25 bits per heavy atom. The van der Waals surface area contributed by atoms with Gasteiger partial charge < -0.3 is 5.32 Å². The van der Waals surface area contributed by atoms with Crippen LogP contribution in [0.3, 0.4) is 0 Å². The van der Waals surface area contributed by atoms with Crippen LogP contribution in [0.4, 0.5) is 0 Å². The molecule has 1 aliphatic carbocycles. The quantitative estimate of drug-likeness (QED) is 0.772. The molecule has 5 nitrogen and oxygen atoms in total. The van der Waals surface area contributed by atoms with E-state index < -0.39 is 10.0 Å². The van der Waals surface area contributed by atoms with Crippen molar-refractivity contribution in [2.75, 3.05) is 0 Å². The first-order valence-electron chi connectivity index (χ1n) is 8.85. The Balaban J connectivity index is 2.01. The second-order valence-electron chi connectivity index (χ2n) is 6.62. The summed E-state index contributed by atoms with van der Waals surface area (Å²) in [5, 5.41) is 3.07. The molecule has 1 unspecified atom stereocenters. The van der Waals surface area contributed by atoms with Gasteiger partial charge in [-0.15, -0.1) is 0 Å². The first-order chi connectivity index (χ1) is 11.4. The van der Waals surface area contributed by atoms with Gasteiger partial charge in [-0.3, -0.25) is 4.79 Å². The molecule has 2 N–H and O–H groups in total. The number of amides is 1. The molecule has 24 heavy (non-hydrogen) atoms. The van der Waals surface area contributed by atoms with Crippen molar-refractivity contribution in [2.24, 2.45) is 0 Å². The lowest BCUT2D eigenvalue weighted by Crippen LogP contribution is -2.34. The van der Waals surface area contributed by atoms with Crippen LogP contribution < -0.4 is 10.0 Å². The third-order valence-electron chi connectivity index (χ3n) is 4.59. The molecule has 1 fully saturated rings. The normalized spacial score (nSPS) is 17.9. The fourth-order valence-electron chi connectivity index (χ4n) is 2.89. The van der Waals surface area contributed by atoms with Crippen LogP contribution in [0.15, 0.2) is 29.2 Å². The predicted octanol–water partition coefficient (Wildman–Crippen LogP) is 3.22. The Morgan fingerprint density at radius 1 is 1.12 bits per heavy atom. The van der Waals surface area contributed by atoms with Crippen LogP contribution in [0.2, 0.25) is 0 Å². The van der Waals surface area contributed by atoms with Crippen LogP contribution in [0, 0.1) is 0 Å². The molecular weight excluding hydrogens is 324 g/mol. The highest BCUT2D eigenvalue weighted by Crippen LogP contribution is 2.18. The number of rotatable bonds is 6. The number of sulfonamides is 1. The number of hydrogen-bond donors (Lipinski definition) is 2. The lowest BCUT2D eigenvalue weighted by atomic mass is 10.1. The van der Waals surface area contributed by atoms with E-state index in [2.05, 4.69) is 10.0 Å². The van der Waals surface area contributed by atoms with Crippen molar-refractivity contribution in [2.45, 2.75) is 75.8 Å². The van der Waals surface area contributed by atoms with Gasteiger partial charge >= 0.3 is 0 Å². The van der Waals surface area contributed by atoms with E-state index in [0.717, 1.165) is 32.1 Å². The first kappa shape index (κ1) is 18.9. The Morgan fingerprint density at radius 2 is 1.71 bits per heavy atom. The summed E-state index contributed by atoms with van der Waals surface area (Å²) in [6.45, 7) is 3.75. The van der Waals surface area contributed by atoms with E-state index >= 15 is 0 Å². The Kier molecular flexibility index (Phi) is 6.80. The van der Waals surface area contributed by atoms with Crippen LogP contribution in [-0.2, 0) is 10.0 Å². The zero-order valence-electron chi connectivity index (χ0n) is 14.5. The lowest BCUT2D eigenvalue weighted by molar-refractivity contribution is 0.0933. The van der Waals surface area contributed by atoms with Crippen molar-refractivity contribution in [3.05, 3.63) is 29.8 Å². The van der Waals surface area contributed by atoms with E-state index in [-0.39, 0.29) is 22.9 Å². The molecule has 1 saturated carbocycles. The number of hydrogen-bond acceptors (Lipinski definition) is 3. The third kappa shape index (κ3) is 5.31. The summed E-state index contributed by atoms with van der Waals surface area (Å²) < 4.78 is 27.1. The van der Waals surface area contributed by atoms with Crippen molar-refractivity contribution < 1.29 is 13.2 Å². The summed E-state index contributed by atoms with van der Waals surface area (Å²) in [4.78, 5) is 12.5. The molecule has 1 aliphatic rings. The van der Waals surface area contributed by atoms with Crippen LogP contribution in [0.1, 0.15) is 69.2 Å². The van der Waals surface area contributed by atoms with Gasteiger partial charge in [-0.25, -0.2) is 13.1 Å². The van der Waals surface area contributed by atoms with Gasteiger partial charge in [0.1, 0.15) is 0 Å². The third-order valence-corrected chi connectivity index (χ3v) is 6.19. The van der Waals surface area contributed by atoms with Gasteiger partial charge in [0.15, 0.2) is 0 Å². The summed E-state index contributed by atoms with van der Waals surface area (Å²) in [7, 11) is -3.53. The van der Waals surface area contributed by atoms with Gasteiger partial charge in [0.2, 0.25) is 10.0 Å². The fraction of sp³-hybridized carbons (Fsp3) is 0.611. The van der Waals surface area contributed by atoms with Crippen molar-refractivity contribution in [1.29, 1.82) is 0 Å². The van der Waals surface area contributed by atoms with Crippen molar-refractivity contribution in [3.8, 4) is 0 Å². The molecule has 0 aromatic heterocycles. The first-order valence-corrected chi connectivity index (χ1v) is 10.3. The number of carbonyl (C=O) groups is 1. The molecule has 0 aliphatic heterocycles. The van der Waals surface area contributed by atoms with Crippen LogP contribution in [-0.4, -0.2) is 26.4 Å². The average Bonchev–Trinajstić information content (AvgIpc) is 2.83. The predicted molar refractivity (Wildman–Crippen MR) is 95.5 cm³/mol. The molecule has 2 rings (SSSR count). The summed E-state index contributed by atoms with van der Waals surface area (Å²) in [6, 6.07) is 6.26. The molecule has 1 amide bonds. The summed E-state index contributed by atoms with van der Waals surface area (Å²) >= 11 is 0. The van der Waals surface area contributed by atoms with Gasteiger partial charge in [0, 0.05) is 17.6 Å². The second kappa shape index (κ2) is 8.62. The SMILES string of the molecule is CCC(C)NS(=O)(=O)c1ccc(C(=O)NC2CCCCCC2)cc1. The molecule has 0 spiro atoms. The Bertz CT molecular complexity index is 633. The fourth-order valence-corrected chi connectivity index (χ4v) is 4.22. The van der Waals surface area contributed by atoms with E-state index in [0.29, 0.717) is 5.56 Å². The monoisotopic (exact) mass is 352 g/mol. The smallest absolute Gasteiger partial charge is 0.251 e. The Hall–Kier alpha value is -1.40. The largest absolute Gasteiger partial charge is 0.349 e. The molecule has 6 heteroatoms. The van der Waals surface area contributed by atoms with Crippen molar-refractivity contribution >= 4 is 15.9 Å². The van der Waals surface area contributed by atoms with E-state index in [9.17, 15) is 13.2 Å². The highest BCUT2D eigenvalue weighted by atomic mass is 32.2. The number of nitrogens with one attached hydrogen (secondary N) is 2. The molecule has 134 valence electrons. The van der Waals surface area contributed by atoms with Gasteiger partial charge in [-0.2, -0.15) is 0 Å². The van der Waals surface area contributed by atoms with Gasteiger partial charge in [0.05, 0.1) is 4.90 Å². The summed E-state index contributed by atoms with van der Waals surface area (Å²) in [6.07, 6.45) is 7.56. The van der Waals surface area contributed by atoms with Gasteiger partial charge in [-0.1, -0.05) is 32.6 Å². The van der Waals surface area contributed by atoms with Gasteiger partial charge in [0.25, 0.3) is 5.91 Å². The molecular formula is C18H28N2O3S. The minimum Gasteiger partial charge on any atom is -0.349 e. The zero-order chi connectivity index (χ0) is 17.6. The molecule has 1 aromatic carbocycles. The van der Waals surface area contributed by atoms with E-state index in [1.165, 1.54) is 25.0 Å². The maximum atomic E-state index is 12.3. The van der Waals surface area contributed by atoms with E-state index in [1.807, 2.05) is 13.8 Å². The highest BCUT2D eigenvalue weighted by molar-refractivity contribution is 7.89. The minimum absolute atomic E-state index is 0.117. The number of benzene rings is 1.